The Morgan fingerprint density at radius 1 is 0.625 bits per heavy atom. The van der Waals surface area contributed by atoms with Crippen molar-refractivity contribution in [2.45, 2.75) is 20.8 Å². The molecule has 15 nitrogen and oxygen atoms in total. The van der Waals surface area contributed by atoms with Gasteiger partial charge in [0.15, 0.2) is 0 Å². The topological polar surface area (TPSA) is 203 Å². The number of aliphatic imine (C=N–C) groups is 3. The maximum absolute atomic E-state index is 12.7. The number of amides is 3. The van der Waals surface area contributed by atoms with Crippen molar-refractivity contribution >= 4 is 70.6 Å². The lowest BCUT2D eigenvalue weighted by molar-refractivity contribution is 0.0208. The molecule has 3 N–H and O–H groups in total. The number of anilines is 3. The van der Waals surface area contributed by atoms with Crippen LogP contribution in [0, 0.1) is 26.2 Å². The van der Waals surface area contributed by atoms with Crippen LogP contribution in [0.3, 0.4) is 0 Å². The van der Waals surface area contributed by atoms with Gasteiger partial charge in [-0.2, -0.15) is 15.0 Å². The van der Waals surface area contributed by atoms with E-state index in [1.54, 1.807) is 57.2 Å². The molecule has 15 heteroatoms. The van der Waals surface area contributed by atoms with Crippen LogP contribution in [0.15, 0.2) is 82.2 Å². The Labute approximate surface area is 274 Å². The summed E-state index contributed by atoms with van der Waals surface area (Å²) < 4.78 is 16.2. The van der Waals surface area contributed by atoms with Gasteiger partial charge < -0.3 is 14.2 Å². The van der Waals surface area contributed by atoms with E-state index in [0.717, 1.165) is 0 Å². The first-order valence-corrected chi connectivity index (χ1v) is 14.0. The quantitative estimate of drug-likeness (QED) is 0.0772. The Balaban J connectivity index is 1.75. The van der Waals surface area contributed by atoms with Crippen molar-refractivity contribution in [1.82, 2.24) is 0 Å². The number of benzene rings is 3. The number of nitrogens with one attached hydrogen (secondary N) is 3. The number of isocyanates is 3. The molecule has 0 atom stereocenters. The van der Waals surface area contributed by atoms with Crippen LogP contribution in [0.25, 0.3) is 0 Å². The van der Waals surface area contributed by atoms with Crippen molar-refractivity contribution in [2.75, 3.05) is 35.8 Å². The molecule has 0 aliphatic heterocycles. The molecular weight excluding hydrogens is 624 g/mol. The van der Waals surface area contributed by atoms with E-state index in [1.165, 1.54) is 42.5 Å². The predicted octanol–water partition coefficient (Wildman–Crippen LogP) is 6.73. The molecule has 0 saturated heterocycles. The van der Waals surface area contributed by atoms with Gasteiger partial charge in [0, 0.05) is 17.1 Å². The van der Waals surface area contributed by atoms with E-state index in [1.807, 2.05) is 0 Å². The van der Waals surface area contributed by atoms with Crippen LogP contribution in [-0.4, -0.2) is 56.3 Å². The summed E-state index contributed by atoms with van der Waals surface area (Å²) in [4.78, 5) is 81.1. The Morgan fingerprint density at radius 2 is 0.917 bits per heavy atom. The standard InChI is InChI=1S/C33H30N6O9/c1-5-33(15-46-30(43)37-24-9-6-21(2)27(12-24)34-18-40,16-47-31(44)38-25-10-7-22(3)28(13-25)35-19-41)17-48-32(45)39-26-11-8-23(4)29(14-26)36-20-42/h5-14H,1,15-17H2,2-4H3,(H,37,43)(H,38,44)(H,39,45). The monoisotopic (exact) mass is 654 g/mol. The van der Waals surface area contributed by atoms with Crippen LogP contribution in [0.5, 0.6) is 0 Å². The number of rotatable bonds is 13. The third-order valence-corrected chi connectivity index (χ3v) is 6.77. The summed E-state index contributed by atoms with van der Waals surface area (Å²) in [6.07, 6.45) is 2.85. The molecule has 3 rings (SSSR count). The highest BCUT2D eigenvalue weighted by Crippen LogP contribution is 2.27. The fourth-order valence-electron chi connectivity index (χ4n) is 3.96. The van der Waals surface area contributed by atoms with Gasteiger partial charge in [-0.25, -0.2) is 28.8 Å². The molecule has 0 radical (unpaired) electrons. The van der Waals surface area contributed by atoms with Crippen molar-refractivity contribution in [2.24, 2.45) is 20.4 Å². The lowest BCUT2D eigenvalue weighted by Gasteiger charge is -2.29. The van der Waals surface area contributed by atoms with Gasteiger partial charge in [-0.3, -0.25) is 16.0 Å². The Bertz CT molecular complexity index is 1650. The van der Waals surface area contributed by atoms with Crippen molar-refractivity contribution in [3.05, 3.63) is 83.9 Å². The minimum absolute atomic E-state index is 0.267. The highest BCUT2D eigenvalue weighted by molar-refractivity contribution is 5.87. The van der Waals surface area contributed by atoms with Crippen LogP contribution in [-0.2, 0) is 28.6 Å². The minimum atomic E-state index is -1.45. The summed E-state index contributed by atoms with van der Waals surface area (Å²) in [6.45, 7) is 7.50. The van der Waals surface area contributed by atoms with Gasteiger partial charge in [0.25, 0.3) is 0 Å². The maximum Gasteiger partial charge on any atom is 0.411 e. The lowest BCUT2D eigenvalue weighted by atomic mass is 9.91. The summed E-state index contributed by atoms with van der Waals surface area (Å²) in [5, 5.41) is 7.51. The average Bonchev–Trinajstić information content (AvgIpc) is 3.06. The minimum Gasteiger partial charge on any atom is -0.448 e. The molecule has 0 aromatic heterocycles. The Kier molecular flexibility index (Phi) is 12.8. The van der Waals surface area contributed by atoms with Crippen LogP contribution >= 0.6 is 0 Å². The molecule has 0 unspecified atom stereocenters. The van der Waals surface area contributed by atoms with E-state index in [9.17, 15) is 28.8 Å². The molecule has 3 amide bonds. The van der Waals surface area contributed by atoms with Gasteiger partial charge in [0.05, 0.1) is 22.5 Å². The van der Waals surface area contributed by atoms with Crippen LogP contribution in [0.4, 0.5) is 48.5 Å². The van der Waals surface area contributed by atoms with Crippen molar-refractivity contribution in [3.63, 3.8) is 0 Å². The normalized spacial score (nSPS) is 11.1. The van der Waals surface area contributed by atoms with Crippen LogP contribution in [0.1, 0.15) is 16.7 Å². The van der Waals surface area contributed by atoms with Crippen LogP contribution in [0.2, 0.25) is 0 Å². The second-order valence-corrected chi connectivity index (χ2v) is 10.3. The number of aryl methyl sites for hydroxylation is 3. The smallest absolute Gasteiger partial charge is 0.411 e. The van der Waals surface area contributed by atoms with Crippen LogP contribution < -0.4 is 16.0 Å². The average molecular weight is 655 g/mol. The van der Waals surface area contributed by atoms with Crippen molar-refractivity contribution < 1.29 is 43.0 Å². The predicted molar refractivity (Wildman–Crippen MR) is 174 cm³/mol. The van der Waals surface area contributed by atoms with Gasteiger partial charge in [-0.05, 0) is 73.9 Å². The molecule has 0 fully saturated rings. The second kappa shape index (κ2) is 17.2. The number of ether oxygens (including phenoxy) is 3. The lowest BCUT2D eigenvalue weighted by Crippen LogP contribution is -2.39. The largest absolute Gasteiger partial charge is 0.448 e. The van der Waals surface area contributed by atoms with Gasteiger partial charge in [-0.1, -0.05) is 24.3 Å². The number of carbonyl (C=O) groups excluding carboxylic acids is 6. The molecule has 0 aliphatic rings. The summed E-state index contributed by atoms with van der Waals surface area (Å²) in [7, 11) is 0. The third kappa shape index (κ3) is 10.5. The molecule has 3 aromatic rings. The zero-order valence-corrected chi connectivity index (χ0v) is 26.1. The third-order valence-electron chi connectivity index (χ3n) is 6.77. The molecule has 0 saturated carbocycles. The number of hydrogen-bond acceptors (Lipinski definition) is 12. The van der Waals surface area contributed by atoms with E-state index in [-0.39, 0.29) is 17.1 Å². The van der Waals surface area contributed by atoms with Gasteiger partial charge in [-0.15, -0.1) is 6.58 Å². The van der Waals surface area contributed by atoms with E-state index < -0.39 is 43.5 Å². The first kappa shape index (κ1) is 35.8. The molecular formula is C33H30N6O9. The fraction of sp³-hybridized carbons (Fsp3) is 0.212. The first-order chi connectivity index (χ1) is 23.0. The number of carbonyl (C=O) groups is 3. The van der Waals surface area contributed by atoms with E-state index in [2.05, 4.69) is 37.5 Å². The highest BCUT2D eigenvalue weighted by atomic mass is 16.6. The first-order valence-electron chi connectivity index (χ1n) is 14.0. The molecule has 0 spiro atoms. The summed E-state index contributed by atoms with van der Waals surface area (Å²) in [5.41, 5.74) is 2.24. The van der Waals surface area contributed by atoms with E-state index in [0.29, 0.717) is 33.8 Å². The van der Waals surface area contributed by atoms with Crippen molar-refractivity contribution in [1.29, 1.82) is 0 Å². The van der Waals surface area contributed by atoms with E-state index >= 15 is 0 Å². The highest BCUT2D eigenvalue weighted by Gasteiger charge is 2.33. The molecule has 0 bridgehead atoms. The van der Waals surface area contributed by atoms with Gasteiger partial charge >= 0.3 is 18.3 Å². The Morgan fingerprint density at radius 3 is 1.17 bits per heavy atom. The van der Waals surface area contributed by atoms with Gasteiger partial charge in [0.1, 0.15) is 19.8 Å². The molecule has 246 valence electrons. The summed E-state index contributed by atoms with van der Waals surface area (Å²) in [5.74, 6) is 0. The van der Waals surface area contributed by atoms with Gasteiger partial charge in [0.2, 0.25) is 18.2 Å². The SMILES string of the molecule is C=CC(COC(=O)Nc1ccc(C)c(N=C=O)c1)(COC(=O)Nc1ccc(C)c(N=C=O)c1)COC(=O)Nc1ccc(C)c(N=C=O)c1. The van der Waals surface area contributed by atoms with E-state index in [4.69, 9.17) is 14.2 Å². The molecule has 0 aliphatic carbocycles. The number of hydrogen-bond donors (Lipinski definition) is 3. The maximum atomic E-state index is 12.7. The molecule has 3 aromatic carbocycles. The second-order valence-electron chi connectivity index (χ2n) is 10.3. The molecule has 48 heavy (non-hydrogen) atoms. The Hall–Kier alpha value is -6.65. The zero-order chi connectivity index (χ0) is 35.1. The fourth-order valence-corrected chi connectivity index (χ4v) is 3.96. The molecule has 0 heterocycles. The zero-order valence-electron chi connectivity index (χ0n) is 26.1. The number of nitrogens with zero attached hydrogens (tertiary/aromatic N) is 3. The summed E-state index contributed by atoms with van der Waals surface area (Å²) in [6, 6.07) is 13.9. The summed E-state index contributed by atoms with van der Waals surface area (Å²) >= 11 is 0. The van der Waals surface area contributed by atoms with Crippen molar-refractivity contribution in [3.8, 4) is 0 Å².